The van der Waals surface area contributed by atoms with Crippen LogP contribution in [0.25, 0.3) is 0 Å². The molecule has 17 heavy (non-hydrogen) atoms. The third-order valence-corrected chi connectivity index (χ3v) is 2.90. The summed E-state index contributed by atoms with van der Waals surface area (Å²) < 4.78 is -0.0993. The van der Waals surface area contributed by atoms with E-state index in [4.69, 9.17) is 0 Å². The lowest BCUT2D eigenvalue weighted by Gasteiger charge is -2.15. The molecule has 1 rings (SSSR count). The van der Waals surface area contributed by atoms with Crippen LogP contribution in [0.1, 0.15) is 26.3 Å². The van der Waals surface area contributed by atoms with Gasteiger partial charge in [-0.15, -0.1) is 0 Å². The predicted molar refractivity (Wildman–Crippen MR) is 69.2 cm³/mol. The molecular weight excluding hydrogens is 238 g/mol. The van der Waals surface area contributed by atoms with Gasteiger partial charge in [0.2, 0.25) is 0 Å². The van der Waals surface area contributed by atoms with Crippen molar-refractivity contribution >= 4 is 22.6 Å². The van der Waals surface area contributed by atoms with Crippen molar-refractivity contribution in [3.8, 4) is 0 Å². The van der Waals surface area contributed by atoms with Crippen LogP contribution in [0.15, 0.2) is 24.3 Å². The number of carbonyl (C=O) groups is 1. The van der Waals surface area contributed by atoms with E-state index in [-0.39, 0.29) is 15.5 Å². The van der Waals surface area contributed by atoms with Gasteiger partial charge >= 0.3 is 0 Å². The van der Waals surface area contributed by atoms with Crippen molar-refractivity contribution in [1.29, 1.82) is 0 Å². The highest BCUT2D eigenvalue weighted by atomic mass is 32.2. The fourth-order valence-corrected chi connectivity index (χ4v) is 2.20. The quantitative estimate of drug-likeness (QED) is 0.613. The van der Waals surface area contributed by atoms with Crippen LogP contribution in [0.2, 0.25) is 0 Å². The van der Waals surface area contributed by atoms with E-state index in [1.54, 1.807) is 12.1 Å². The molecule has 0 aliphatic carbocycles. The van der Waals surface area contributed by atoms with E-state index in [2.05, 4.69) is 0 Å². The highest BCUT2D eigenvalue weighted by Gasteiger charge is 2.17. The Morgan fingerprint density at radius 3 is 2.24 bits per heavy atom. The topological polar surface area (TPSA) is 60.2 Å². The molecule has 0 heterocycles. The van der Waals surface area contributed by atoms with E-state index >= 15 is 0 Å². The summed E-state index contributed by atoms with van der Waals surface area (Å²) in [6, 6.07) is 6.09. The molecule has 0 aromatic heterocycles. The van der Waals surface area contributed by atoms with Crippen LogP contribution in [0, 0.1) is 10.1 Å². The first-order valence-electron chi connectivity index (χ1n) is 5.23. The van der Waals surface area contributed by atoms with Crippen LogP contribution >= 0.6 is 11.8 Å². The first kappa shape index (κ1) is 13.7. The van der Waals surface area contributed by atoms with Gasteiger partial charge in [0, 0.05) is 23.3 Å². The van der Waals surface area contributed by atoms with Gasteiger partial charge in [-0.05, 0) is 5.56 Å². The van der Waals surface area contributed by atoms with Crippen molar-refractivity contribution in [2.75, 3.05) is 0 Å². The van der Waals surface area contributed by atoms with Gasteiger partial charge in [0.15, 0.2) is 5.12 Å². The normalized spacial score (nSPS) is 11.2. The number of nitro benzene ring substituents is 1. The summed E-state index contributed by atoms with van der Waals surface area (Å²) in [5.74, 6) is 0. The van der Waals surface area contributed by atoms with Gasteiger partial charge in [0.1, 0.15) is 0 Å². The van der Waals surface area contributed by atoms with Crippen LogP contribution in [0.3, 0.4) is 0 Å². The van der Waals surface area contributed by atoms with Crippen molar-refractivity contribution in [3.63, 3.8) is 0 Å². The van der Waals surface area contributed by atoms with Gasteiger partial charge < -0.3 is 0 Å². The first-order valence-corrected chi connectivity index (χ1v) is 6.05. The zero-order chi connectivity index (χ0) is 13.1. The fraction of sp³-hybridized carbons (Fsp3) is 0.417. The molecule has 0 saturated carbocycles. The van der Waals surface area contributed by atoms with Gasteiger partial charge in [-0.1, -0.05) is 44.7 Å². The van der Waals surface area contributed by atoms with Crippen LogP contribution in [0.4, 0.5) is 5.69 Å². The van der Waals surface area contributed by atoms with Crippen LogP contribution in [0.5, 0.6) is 0 Å². The minimum atomic E-state index is -0.449. The highest BCUT2D eigenvalue weighted by Crippen LogP contribution is 2.25. The molecule has 1 aromatic rings. The Hall–Kier alpha value is -1.36. The third-order valence-electron chi connectivity index (χ3n) is 1.92. The second-order valence-corrected chi connectivity index (χ2v) is 6.57. The fourth-order valence-electron chi connectivity index (χ4n) is 1.28. The van der Waals surface area contributed by atoms with Crippen molar-refractivity contribution in [2.45, 2.75) is 31.9 Å². The average molecular weight is 253 g/mol. The minimum absolute atomic E-state index is 0.0460. The monoisotopic (exact) mass is 253 g/mol. The van der Waals surface area contributed by atoms with Crippen LogP contribution in [-0.4, -0.2) is 14.8 Å². The number of nitrogens with zero attached hydrogens (tertiary/aromatic N) is 1. The largest absolute Gasteiger partial charge is 0.287 e. The Balaban J connectivity index is 2.64. The number of hydrogen-bond donors (Lipinski definition) is 0. The van der Waals surface area contributed by atoms with E-state index in [0.717, 1.165) is 5.56 Å². The summed E-state index contributed by atoms with van der Waals surface area (Å²) >= 11 is 1.29. The van der Waals surface area contributed by atoms with Gasteiger partial charge in [-0.2, -0.15) is 0 Å². The molecule has 1 aromatic carbocycles. The van der Waals surface area contributed by atoms with Crippen LogP contribution in [-0.2, 0) is 11.2 Å². The predicted octanol–water partition coefficient (Wildman–Crippen LogP) is 3.20. The number of carbonyl (C=O) groups excluding carboxylic acids is 1. The van der Waals surface area contributed by atoms with E-state index in [9.17, 15) is 14.9 Å². The number of rotatable bonds is 3. The van der Waals surface area contributed by atoms with Crippen molar-refractivity contribution < 1.29 is 9.72 Å². The van der Waals surface area contributed by atoms with Crippen molar-refractivity contribution in [2.24, 2.45) is 0 Å². The number of benzene rings is 1. The van der Waals surface area contributed by atoms with Gasteiger partial charge in [0.25, 0.3) is 5.69 Å². The van der Waals surface area contributed by atoms with Crippen molar-refractivity contribution in [3.05, 3.63) is 39.9 Å². The lowest BCUT2D eigenvalue weighted by Crippen LogP contribution is -2.13. The number of nitro groups is 1. The summed E-state index contributed by atoms with van der Waals surface area (Å²) in [5, 5.41) is 10.5. The third kappa shape index (κ3) is 4.99. The molecule has 0 aliphatic heterocycles. The smallest absolute Gasteiger partial charge is 0.269 e. The Morgan fingerprint density at radius 1 is 1.29 bits per heavy atom. The second kappa shape index (κ2) is 5.31. The Bertz CT molecular complexity index is 420. The molecule has 0 atom stereocenters. The summed E-state index contributed by atoms with van der Waals surface area (Å²) in [6.07, 6.45) is 0.305. The molecule has 0 aliphatic rings. The SMILES string of the molecule is CC(C)(C)SC(=O)Cc1ccc([N+](=O)[O-])cc1. The summed E-state index contributed by atoms with van der Waals surface area (Å²) in [6.45, 7) is 5.93. The molecule has 0 amide bonds. The lowest BCUT2D eigenvalue weighted by atomic mass is 10.1. The molecule has 0 N–H and O–H groups in total. The summed E-state index contributed by atoms with van der Waals surface area (Å²) in [4.78, 5) is 21.7. The first-order chi connectivity index (χ1) is 7.78. The zero-order valence-electron chi connectivity index (χ0n) is 10.1. The maximum Gasteiger partial charge on any atom is 0.269 e. The van der Waals surface area contributed by atoms with Crippen molar-refractivity contribution in [1.82, 2.24) is 0 Å². The van der Waals surface area contributed by atoms with Gasteiger partial charge in [-0.3, -0.25) is 14.9 Å². The molecule has 0 spiro atoms. The number of hydrogen-bond acceptors (Lipinski definition) is 4. The molecule has 0 fully saturated rings. The maximum atomic E-state index is 11.7. The van der Waals surface area contributed by atoms with Gasteiger partial charge in [0.05, 0.1) is 4.92 Å². The second-order valence-electron chi connectivity index (χ2n) is 4.69. The standard InChI is InChI=1S/C12H15NO3S/c1-12(2,3)17-11(14)8-9-4-6-10(7-5-9)13(15)16/h4-7H,8H2,1-3H3. The minimum Gasteiger partial charge on any atom is -0.287 e. The van der Waals surface area contributed by atoms with E-state index in [1.807, 2.05) is 20.8 Å². The molecule has 0 bridgehead atoms. The molecule has 92 valence electrons. The molecule has 4 nitrogen and oxygen atoms in total. The molecule has 5 heteroatoms. The molecule has 0 saturated heterocycles. The highest BCUT2D eigenvalue weighted by molar-refractivity contribution is 8.14. The van der Waals surface area contributed by atoms with E-state index in [0.29, 0.717) is 6.42 Å². The summed E-state index contributed by atoms with van der Waals surface area (Å²) in [7, 11) is 0. The van der Waals surface area contributed by atoms with Gasteiger partial charge in [-0.25, -0.2) is 0 Å². The molecule has 0 unspecified atom stereocenters. The average Bonchev–Trinajstić information content (AvgIpc) is 2.15. The van der Waals surface area contributed by atoms with Crippen LogP contribution < -0.4 is 0 Å². The number of thioether (sulfide) groups is 1. The lowest BCUT2D eigenvalue weighted by molar-refractivity contribution is -0.384. The molecule has 0 radical (unpaired) electrons. The van der Waals surface area contributed by atoms with E-state index in [1.165, 1.54) is 23.9 Å². The molecular formula is C12H15NO3S. The Kier molecular flexibility index (Phi) is 4.28. The Morgan fingerprint density at radius 2 is 1.82 bits per heavy atom. The number of non-ortho nitro benzene ring substituents is 1. The van der Waals surface area contributed by atoms with E-state index < -0.39 is 4.92 Å². The zero-order valence-corrected chi connectivity index (χ0v) is 10.9. The summed E-state index contributed by atoms with van der Waals surface area (Å²) in [5.41, 5.74) is 0.849. The maximum absolute atomic E-state index is 11.7. The Labute approximate surface area is 105 Å².